The maximum Gasteiger partial charge on any atom is 0.326 e. The molecule has 2 N–H and O–H groups in total. The third kappa shape index (κ3) is 5.37. The monoisotopic (exact) mass is 395 g/mol. The molecule has 0 bridgehead atoms. The van der Waals surface area contributed by atoms with Crippen molar-refractivity contribution in [3.8, 4) is 0 Å². The lowest BCUT2D eigenvalue weighted by molar-refractivity contribution is -0.141. The number of carboxylic acids is 1. The number of carbonyl (C=O) groups excluding carboxylic acids is 1. The maximum atomic E-state index is 12.1. The van der Waals surface area contributed by atoms with Crippen LogP contribution in [0.1, 0.15) is 11.1 Å². The van der Waals surface area contributed by atoms with Crippen molar-refractivity contribution in [2.45, 2.75) is 18.9 Å². The SMILES string of the molecule is O=C(Cc1ccccc1)N[C@H](Cc1cc(Cl)ccc1Br)C(=O)O. The van der Waals surface area contributed by atoms with Gasteiger partial charge in [-0.25, -0.2) is 4.79 Å². The van der Waals surface area contributed by atoms with Crippen LogP contribution < -0.4 is 5.32 Å². The number of halogens is 2. The molecule has 0 aliphatic carbocycles. The molecule has 6 heteroatoms. The molecular weight excluding hydrogens is 382 g/mol. The molecule has 0 heterocycles. The quantitative estimate of drug-likeness (QED) is 0.786. The predicted octanol–water partition coefficient (Wildman–Crippen LogP) is 3.46. The van der Waals surface area contributed by atoms with Gasteiger partial charge in [0.15, 0.2) is 0 Å². The Morgan fingerprint density at radius 1 is 1.17 bits per heavy atom. The minimum atomic E-state index is -1.08. The largest absolute Gasteiger partial charge is 0.480 e. The molecule has 2 aromatic carbocycles. The summed E-state index contributed by atoms with van der Waals surface area (Å²) in [5, 5.41) is 12.4. The van der Waals surface area contributed by atoms with E-state index in [-0.39, 0.29) is 18.7 Å². The second kappa shape index (κ2) is 8.13. The molecule has 0 saturated carbocycles. The fraction of sp³-hybridized carbons (Fsp3) is 0.176. The van der Waals surface area contributed by atoms with Crippen LogP contribution in [-0.4, -0.2) is 23.0 Å². The van der Waals surface area contributed by atoms with Crippen molar-refractivity contribution < 1.29 is 14.7 Å². The van der Waals surface area contributed by atoms with Crippen LogP contribution in [-0.2, 0) is 22.4 Å². The number of aliphatic carboxylic acids is 1. The summed E-state index contributed by atoms with van der Waals surface area (Å²) in [6, 6.07) is 13.3. The van der Waals surface area contributed by atoms with Crippen LogP contribution in [0.2, 0.25) is 5.02 Å². The molecule has 0 fully saturated rings. The van der Waals surface area contributed by atoms with Gasteiger partial charge in [-0.3, -0.25) is 4.79 Å². The lowest BCUT2D eigenvalue weighted by Crippen LogP contribution is -2.43. The van der Waals surface area contributed by atoms with Crippen LogP contribution in [0.3, 0.4) is 0 Å². The van der Waals surface area contributed by atoms with E-state index < -0.39 is 12.0 Å². The van der Waals surface area contributed by atoms with E-state index in [1.165, 1.54) is 0 Å². The third-order valence-corrected chi connectivity index (χ3v) is 4.28. The molecule has 4 nitrogen and oxygen atoms in total. The number of rotatable bonds is 6. The fourth-order valence-electron chi connectivity index (χ4n) is 2.15. The van der Waals surface area contributed by atoms with Gasteiger partial charge in [-0.05, 0) is 29.3 Å². The molecule has 2 rings (SSSR count). The summed E-state index contributed by atoms with van der Waals surface area (Å²) in [6.45, 7) is 0. The Bertz CT molecular complexity index is 706. The molecule has 0 radical (unpaired) electrons. The van der Waals surface area contributed by atoms with E-state index in [2.05, 4.69) is 21.2 Å². The molecule has 0 aliphatic rings. The molecule has 0 saturated heterocycles. The molecular formula is C17H15BrClNO3. The first kappa shape index (κ1) is 17.5. The van der Waals surface area contributed by atoms with Gasteiger partial charge in [0.1, 0.15) is 6.04 Å². The fourth-order valence-corrected chi connectivity index (χ4v) is 2.75. The minimum Gasteiger partial charge on any atom is -0.480 e. The number of amides is 1. The summed E-state index contributed by atoms with van der Waals surface area (Å²) in [7, 11) is 0. The number of nitrogens with one attached hydrogen (secondary N) is 1. The molecule has 0 aliphatic heterocycles. The normalized spacial score (nSPS) is 11.7. The number of carbonyl (C=O) groups is 2. The second-order valence-corrected chi connectivity index (χ2v) is 6.35. The first-order chi connectivity index (χ1) is 11.0. The Labute approximate surface area is 147 Å². The lowest BCUT2D eigenvalue weighted by atomic mass is 10.1. The van der Waals surface area contributed by atoms with E-state index in [1.807, 2.05) is 30.3 Å². The van der Waals surface area contributed by atoms with E-state index in [9.17, 15) is 14.7 Å². The third-order valence-electron chi connectivity index (χ3n) is 3.27. The Balaban J connectivity index is 2.05. The topological polar surface area (TPSA) is 66.4 Å². The predicted molar refractivity (Wildman–Crippen MR) is 92.6 cm³/mol. The van der Waals surface area contributed by atoms with Crippen molar-refractivity contribution in [1.82, 2.24) is 5.32 Å². The summed E-state index contributed by atoms with van der Waals surface area (Å²) < 4.78 is 0.755. The van der Waals surface area contributed by atoms with Crippen molar-refractivity contribution >= 4 is 39.4 Å². The minimum absolute atomic E-state index is 0.140. The molecule has 0 unspecified atom stereocenters. The summed E-state index contributed by atoms with van der Waals surface area (Å²) in [4.78, 5) is 23.5. The van der Waals surface area contributed by atoms with Gasteiger partial charge in [0.2, 0.25) is 5.91 Å². The van der Waals surface area contributed by atoms with Gasteiger partial charge in [0.25, 0.3) is 0 Å². The van der Waals surface area contributed by atoms with E-state index in [0.717, 1.165) is 15.6 Å². The van der Waals surface area contributed by atoms with E-state index in [0.29, 0.717) is 5.02 Å². The zero-order chi connectivity index (χ0) is 16.8. The first-order valence-electron chi connectivity index (χ1n) is 6.95. The van der Waals surface area contributed by atoms with Crippen LogP contribution in [0.25, 0.3) is 0 Å². The zero-order valence-electron chi connectivity index (χ0n) is 12.1. The van der Waals surface area contributed by atoms with Crippen molar-refractivity contribution in [1.29, 1.82) is 0 Å². The molecule has 1 atom stereocenters. The summed E-state index contributed by atoms with van der Waals surface area (Å²) in [5.41, 5.74) is 1.56. The van der Waals surface area contributed by atoms with Crippen molar-refractivity contribution in [2.24, 2.45) is 0 Å². The number of hydrogen-bond donors (Lipinski definition) is 2. The van der Waals surface area contributed by atoms with Gasteiger partial charge in [-0.2, -0.15) is 0 Å². The number of hydrogen-bond acceptors (Lipinski definition) is 2. The molecule has 120 valence electrons. The summed E-state index contributed by atoms with van der Waals surface area (Å²) >= 11 is 9.30. The Morgan fingerprint density at radius 3 is 2.52 bits per heavy atom. The van der Waals surface area contributed by atoms with Crippen LogP contribution in [0.15, 0.2) is 53.0 Å². The zero-order valence-corrected chi connectivity index (χ0v) is 14.5. The second-order valence-electron chi connectivity index (χ2n) is 5.06. The van der Waals surface area contributed by atoms with Gasteiger partial charge < -0.3 is 10.4 Å². The van der Waals surface area contributed by atoms with Crippen molar-refractivity contribution in [3.63, 3.8) is 0 Å². The van der Waals surface area contributed by atoms with Gasteiger partial charge in [0, 0.05) is 15.9 Å². The van der Waals surface area contributed by atoms with Gasteiger partial charge >= 0.3 is 5.97 Å². The van der Waals surface area contributed by atoms with Crippen LogP contribution in [0.5, 0.6) is 0 Å². The summed E-state index contributed by atoms with van der Waals surface area (Å²) in [6.07, 6.45) is 0.290. The highest BCUT2D eigenvalue weighted by Gasteiger charge is 2.21. The van der Waals surface area contributed by atoms with Gasteiger partial charge in [-0.15, -0.1) is 0 Å². The Morgan fingerprint density at radius 2 is 1.87 bits per heavy atom. The summed E-state index contributed by atoms with van der Waals surface area (Å²) in [5.74, 6) is -1.42. The highest BCUT2D eigenvalue weighted by Crippen LogP contribution is 2.22. The lowest BCUT2D eigenvalue weighted by Gasteiger charge is -2.16. The average molecular weight is 397 g/mol. The smallest absolute Gasteiger partial charge is 0.326 e. The molecule has 0 spiro atoms. The molecule has 1 amide bonds. The van der Waals surface area contributed by atoms with E-state index in [1.54, 1.807) is 18.2 Å². The van der Waals surface area contributed by atoms with Gasteiger partial charge in [-0.1, -0.05) is 57.9 Å². The number of carboxylic acid groups (broad SMARTS) is 1. The number of benzene rings is 2. The Kier molecular flexibility index (Phi) is 6.19. The van der Waals surface area contributed by atoms with Crippen LogP contribution in [0, 0.1) is 0 Å². The van der Waals surface area contributed by atoms with Crippen LogP contribution >= 0.6 is 27.5 Å². The average Bonchev–Trinajstić information content (AvgIpc) is 2.51. The highest BCUT2D eigenvalue weighted by molar-refractivity contribution is 9.10. The van der Waals surface area contributed by atoms with Crippen molar-refractivity contribution in [3.05, 3.63) is 69.2 Å². The first-order valence-corrected chi connectivity index (χ1v) is 8.13. The molecule has 2 aromatic rings. The maximum absolute atomic E-state index is 12.1. The van der Waals surface area contributed by atoms with Crippen LogP contribution in [0.4, 0.5) is 0 Å². The van der Waals surface area contributed by atoms with Gasteiger partial charge in [0.05, 0.1) is 6.42 Å². The highest BCUT2D eigenvalue weighted by atomic mass is 79.9. The van der Waals surface area contributed by atoms with Crippen molar-refractivity contribution in [2.75, 3.05) is 0 Å². The standard InChI is InChI=1S/C17H15BrClNO3/c18-14-7-6-13(19)9-12(14)10-15(17(22)23)20-16(21)8-11-4-2-1-3-5-11/h1-7,9,15H,8,10H2,(H,20,21)(H,22,23)/t15-/m1/s1. The molecule has 23 heavy (non-hydrogen) atoms. The van der Waals surface area contributed by atoms with E-state index in [4.69, 9.17) is 11.6 Å². The Hall–Kier alpha value is -1.85. The van der Waals surface area contributed by atoms with E-state index >= 15 is 0 Å². The molecule has 0 aromatic heterocycles.